The summed E-state index contributed by atoms with van der Waals surface area (Å²) in [5, 5.41) is 40.1. The minimum absolute atomic E-state index is 0.0673. The first-order chi connectivity index (χ1) is 35.2. The van der Waals surface area contributed by atoms with Crippen LogP contribution < -0.4 is 31.3 Å². The van der Waals surface area contributed by atoms with Crippen molar-refractivity contribution in [2.24, 2.45) is 10.4 Å². The first kappa shape index (κ1) is 56.3. The first-order valence-electron chi connectivity index (χ1n) is 23.0. The average molecular weight is 1040 g/mol. The average Bonchev–Trinajstić information content (AvgIpc) is 3.36. The van der Waals surface area contributed by atoms with Crippen molar-refractivity contribution < 1.29 is 66.6 Å². The number of ether oxygens (including phenoxy) is 1. The number of nitrogens with one attached hydrogen (secondary N) is 5. The van der Waals surface area contributed by atoms with Gasteiger partial charge in [0.15, 0.2) is 0 Å². The van der Waals surface area contributed by atoms with Crippen LogP contribution in [0.3, 0.4) is 0 Å². The summed E-state index contributed by atoms with van der Waals surface area (Å²) in [6.45, 7) is 4.11. The van der Waals surface area contributed by atoms with Crippen molar-refractivity contribution in [3.05, 3.63) is 127 Å². The molecule has 0 aliphatic rings. The Hall–Kier alpha value is -8.57. The van der Waals surface area contributed by atoms with Gasteiger partial charge in [-0.2, -0.15) is 8.42 Å². The molecule has 5 aromatic rings. The van der Waals surface area contributed by atoms with Crippen molar-refractivity contribution in [2.75, 3.05) is 25.1 Å². The number of carbonyl (C=O) groups is 7. The molecule has 9 N–H and O–H groups in total. The molecule has 0 saturated carbocycles. The van der Waals surface area contributed by atoms with Crippen LogP contribution >= 0.6 is 0 Å². The Morgan fingerprint density at radius 2 is 1.35 bits per heavy atom. The van der Waals surface area contributed by atoms with Crippen molar-refractivity contribution in [3.63, 3.8) is 0 Å². The van der Waals surface area contributed by atoms with Gasteiger partial charge in [-0.3, -0.25) is 38.3 Å². The van der Waals surface area contributed by atoms with Crippen LogP contribution in [0.5, 0.6) is 5.88 Å². The summed E-state index contributed by atoms with van der Waals surface area (Å²) >= 11 is 0. The van der Waals surface area contributed by atoms with E-state index in [4.69, 9.17) is 14.8 Å². The standard InChI is InChI=1S/C51H56N8O14S/c1-51(2,21-11-12-22-73-44-24-36(32-13-5-3-6-14-32)23-37(57-44)33-15-7-4-8-16-33)30-54-48(66)38(25-43(60)56-39(26-45(61)62)49(67)59-40(50(68)69)27-46(63)64)58-47(65)35-19-20-42(53-29-35)55-31-52-28-34-17-9-10-18-41(34)74(70,71)72/h3-10,13-20,23-24,28-29,38-40H,11-12,21-22,25-27,30-31H2,1-2H3,(H,53,55)(H,54,66)(H,56,60)(H,58,65)(H,59,67)(H,61,62)(H,63,64)(H,68,69)(H,70,71,72). The van der Waals surface area contributed by atoms with Gasteiger partial charge in [0.1, 0.15) is 35.5 Å². The molecule has 2 aromatic heterocycles. The number of carboxylic acids is 3. The maximum atomic E-state index is 13.9. The molecule has 0 saturated heterocycles. The van der Waals surface area contributed by atoms with E-state index in [1.54, 1.807) is 6.07 Å². The van der Waals surface area contributed by atoms with Crippen LogP contribution in [0.1, 0.15) is 68.3 Å². The zero-order valence-corrected chi connectivity index (χ0v) is 41.1. The van der Waals surface area contributed by atoms with Gasteiger partial charge in [-0.25, -0.2) is 14.8 Å². The maximum absolute atomic E-state index is 13.9. The number of pyridine rings is 2. The molecule has 3 aromatic carbocycles. The number of nitrogens with zero attached hydrogens (tertiary/aromatic N) is 3. The van der Waals surface area contributed by atoms with Gasteiger partial charge in [0.05, 0.1) is 37.1 Å². The van der Waals surface area contributed by atoms with E-state index in [0.717, 1.165) is 28.6 Å². The van der Waals surface area contributed by atoms with E-state index in [-0.39, 0.29) is 35.1 Å². The lowest BCUT2D eigenvalue weighted by Crippen LogP contribution is -2.55. The van der Waals surface area contributed by atoms with Crippen LogP contribution in [0.2, 0.25) is 0 Å². The van der Waals surface area contributed by atoms with Crippen LogP contribution in [0.25, 0.3) is 22.4 Å². The Morgan fingerprint density at radius 3 is 1.99 bits per heavy atom. The summed E-state index contributed by atoms with van der Waals surface area (Å²) in [6, 6.07) is 26.4. The van der Waals surface area contributed by atoms with E-state index in [0.29, 0.717) is 31.7 Å². The first-order valence-corrected chi connectivity index (χ1v) is 24.5. The number of benzene rings is 3. The van der Waals surface area contributed by atoms with E-state index in [2.05, 4.69) is 31.2 Å². The van der Waals surface area contributed by atoms with E-state index in [9.17, 15) is 56.7 Å². The van der Waals surface area contributed by atoms with Gasteiger partial charge >= 0.3 is 17.9 Å². The SMILES string of the molecule is CC(C)(CCCCOc1cc(-c2ccccc2)cc(-c2ccccc2)n1)CNC(=O)C(CC(=O)NC(CC(=O)O)C(=O)NC(CC(=O)O)C(=O)O)NC(=O)c1ccc(NCN=Cc2ccccc2S(=O)(=O)O)nc1. The Balaban J connectivity index is 1.23. The Morgan fingerprint density at radius 1 is 0.716 bits per heavy atom. The predicted octanol–water partition coefficient (Wildman–Crippen LogP) is 4.43. The fourth-order valence-corrected chi connectivity index (χ4v) is 7.87. The highest BCUT2D eigenvalue weighted by molar-refractivity contribution is 7.86. The van der Waals surface area contributed by atoms with E-state index in [1.165, 1.54) is 36.5 Å². The lowest BCUT2D eigenvalue weighted by molar-refractivity contribution is -0.148. The molecule has 3 unspecified atom stereocenters. The number of hydrogen-bond acceptors (Lipinski definition) is 14. The summed E-state index contributed by atoms with van der Waals surface area (Å²) in [7, 11) is -4.50. The number of unbranched alkanes of at least 4 members (excludes halogenated alkanes) is 1. The molecule has 22 nitrogen and oxygen atoms in total. The van der Waals surface area contributed by atoms with Crippen LogP contribution in [-0.4, -0.2) is 124 Å². The topological polar surface area (TPSA) is 342 Å². The monoisotopic (exact) mass is 1040 g/mol. The zero-order chi connectivity index (χ0) is 53.8. The van der Waals surface area contributed by atoms with Gasteiger partial charge in [-0.1, -0.05) is 92.7 Å². The molecule has 0 aliphatic carbocycles. The van der Waals surface area contributed by atoms with Crippen LogP contribution in [0.15, 0.2) is 125 Å². The van der Waals surface area contributed by atoms with Crippen molar-refractivity contribution >= 4 is 63.7 Å². The van der Waals surface area contributed by atoms with Crippen molar-refractivity contribution in [2.45, 2.75) is 75.4 Å². The van der Waals surface area contributed by atoms with E-state index >= 15 is 0 Å². The second-order valence-electron chi connectivity index (χ2n) is 17.5. The van der Waals surface area contributed by atoms with Crippen LogP contribution in [0.4, 0.5) is 5.82 Å². The third-order valence-electron chi connectivity index (χ3n) is 11.1. The third kappa shape index (κ3) is 18.2. The largest absolute Gasteiger partial charge is 0.481 e. The number of rotatable bonds is 28. The van der Waals surface area contributed by atoms with Crippen molar-refractivity contribution in [1.29, 1.82) is 0 Å². The van der Waals surface area contributed by atoms with Crippen molar-refractivity contribution in [1.82, 2.24) is 31.2 Å². The number of anilines is 1. The number of aromatic nitrogens is 2. The van der Waals surface area contributed by atoms with Crippen molar-refractivity contribution in [3.8, 4) is 28.3 Å². The third-order valence-corrected chi connectivity index (χ3v) is 12.0. The Labute approximate surface area is 425 Å². The lowest BCUT2D eigenvalue weighted by Gasteiger charge is -2.27. The zero-order valence-electron chi connectivity index (χ0n) is 40.3. The number of carbonyl (C=O) groups excluding carboxylic acids is 4. The molecule has 4 amide bonds. The van der Waals surface area contributed by atoms with Gasteiger partial charge < -0.3 is 46.6 Å². The molecule has 23 heteroatoms. The number of carboxylic acid groups (broad SMARTS) is 3. The van der Waals surface area contributed by atoms with Gasteiger partial charge in [0.2, 0.25) is 23.6 Å². The van der Waals surface area contributed by atoms with Crippen LogP contribution in [-0.2, 0) is 38.9 Å². The predicted molar refractivity (Wildman–Crippen MR) is 270 cm³/mol. The van der Waals surface area contributed by atoms with Crippen LogP contribution in [0, 0.1) is 5.41 Å². The summed E-state index contributed by atoms with van der Waals surface area (Å²) in [5.74, 6) is -8.33. The number of amides is 4. The molecule has 0 radical (unpaired) electrons. The summed E-state index contributed by atoms with van der Waals surface area (Å²) < 4.78 is 39.0. The molecule has 0 spiro atoms. The highest BCUT2D eigenvalue weighted by Gasteiger charge is 2.32. The summed E-state index contributed by atoms with van der Waals surface area (Å²) in [4.78, 5) is 101. The minimum Gasteiger partial charge on any atom is -0.481 e. The van der Waals surface area contributed by atoms with Gasteiger partial charge in [-0.15, -0.1) is 0 Å². The second kappa shape index (κ2) is 26.8. The molecule has 0 bridgehead atoms. The smallest absolute Gasteiger partial charge is 0.326 e. The fourth-order valence-electron chi connectivity index (χ4n) is 7.20. The molecular weight excluding hydrogens is 981 g/mol. The molecular formula is C51H56N8O14S. The minimum atomic E-state index is -4.50. The summed E-state index contributed by atoms with van der Waals surface area (Å²) in [5.41, 5.74) is 3.17. The Bertz CT molecular complexity index is 2870. The van der Waals surface area contributed by atoms with E-state index in [1.807, 2.05) is 92.0 Å². The molecule has 2 heterocycles. The number of hydrogen-bond donors (Lipinski definition) is 9. The molecule has 3 atom stereocenters. The highest BCUT2D eigenvalue weighted by atomic mass is 32.2. The maximum Gasteiger partial charge on any atom is 0.326 e. The van der Waals surface area contributed by atoms with Gasteiger partial charge in [0, 0.05) is 36.1 Å². The quantitative estimate of drug-likeness (QED) is 0.0190. The van der Waals surface area contributed by atoms with E-state index < -0.39 is 94.5 Å². The van der Waals surface area contributed by atoms with Gasteiger partial charge in [-0.05, 0) is 60.1 Å². The molecule has 0 fully saturated rings. The number of aliphatic imine (C=N–C) groups is 1. The molecule has 5 rings (SSSR count). The number of aliphatic carboxylic acids is 3. The van der Waals surface area contributed by atoms with Gasteiger partial charge in [0.25, 0.3) is 16.0 Å². The summed E-state index contributed by atoms with van der Waals surface area (Å²) in [6.07, 6.45) is 1.32. The Kier molecular flexibility index (Phi) is 20.4. The fraction of sp³-hybridized carbons (Fsp3) is 0.294. The lowest BCUT2D eigenvalue weighted by atomic mass is 9.87. The second-order valence-corrected chi connectivity index (χ2v) is 18.9. The molecule has 0 aliphatic heterocycles. The normalized spacial score (nSPS) is 12.6. The molecule has 74 heavy (non-hydrogen) atoms. The molecule has 390 valence electrons. The highest BCUT2D eigenvalue weighted by Crippen LogP contribution is 2.29.